The lowest BCUT2D eigenvalue weighted by atomic mass is 9.91. The van der Waals surface area contributed by atoms with E-state index in [1.54, 1.807) is 0 Å². The second-order valence-electron chi connectivity index (χ2n) is 10.4. The number of halogens is 1. The smallest absolute Gasteiger partial charge is 0.165 e. The average molecular weight is 452 g/mol. The number of nitrogens with zero attached hydrogens (tertiary/aromatic N) is 5. The Morgan fingerprint density at radius 3 is 2.25 bits per heavy atom. The first-order chi connectivity index (χ1) is 15.3. The molecule has 1 aliphatic heterocycles. The summed E-state index contributed by atoms with van der Waals surface area (Å²) in [6.07, 6.45) is 5.53. The molecule has 32 heavy (non-hydrogen) atoms. The Labute approximate surface area is 196 Å². The molecule has 2 aliphatic rings. The maximum atomic E-state index is 6.15. The SMILES string of the molecule is Cc1nn2c(N3CCN(C4CCCC4)CC3)cc(C(C)(C)C)nc2c1-c1ccc(Cl)cc1. The molecule has 1 aromatic carbocycles. The molecule has 170 valence electrons. The zero-order chi connectivity index (χ0) is 22.5. The van der Waals surface area contributed by atoms with E-state index in [0.29, 0.717) is 0 Å². The molecule has 5 nitrogen and oxygen atoms in total. The van der Waals surface area contributed by atoms with Gasteiger partial charge in [0.15, 0.2) is 5.65 Å². The quantitative estimate of drug-likeness (QED) is 0.510. The molecular formula is C26H34ClN5. The van der Waals surface area contributed by atoms with E-state index in [9.17, 15) is 0 Å². The van der Waals surface area contributed by atoms with Crippen LogP contribution in [0.15, 0.2) is 30.3 Å². The Bertz CT molecular complexity index is 1100. The summed E-state index contributed by atoms with van der Waals surface area (Å²) in [6, 6.07) is 11.1. The maximum Gasteiger partial charge on any atom is 0.165 e. The number of aromatic nitrogens is 3. The van der Waals surface area contributed by atoms with E-state index in [-0.39, 0.29) is 5.41 Å². The van der Waals surface area contributed by atoms with Gasteiger partial charge in [0.2, 0.25) is 0 Å². The highest BCUT2D eigenvalue weighted by molar-refractivity contribution is 6.30. The zero-order valence-electron chi connectivity index (χ0n) is 19.7. The number of benzene rings is 1. The van der Waals surface area contributed by atoms with E-state index in [4.69, 9.17) is 21.7 Å². The first-order valence-corrected chi connectivity index (χ1v) is 12.3. The van der Waals surface area contributed by atoms with Gasteiger partial charge in [-0.2, -0.15) is 9.61 Å². The number of anilines is 1. The Morgan fingerprint density at radius 1 is 0.969 bits per heavy atom. The van der Waals surface area contributed by atoms with Crippen molar-refractivity contribution in [3.63, 3.8) is 0 Å². The van der Waals surface area contributed by atoms with Gasteiger partial charge in [-0.05, 0) is 37.5 Å². The van der Waals surface area contributed by atoms with Crippen LogP contribution < -0.4 is 4.90 Å². The minimum atomic E-state index is -0.0440. The summed E-state index contributed by atoms with van der Waals surface area (Å²) in [5, 5.41) is 5.72. The van der Waals surface area contributed by atoms with Gasteiger partial charge in [-0.3, -0.25) is 4.90 Å². The molecule has 1 aliphatic carbocycles. The Hall–Kier alpha value is -2.11. The minimum Gasteiger partial charge on any atom is -0.354 e. The van der Waals surface area contributed by atoms with Gasteiger partial charge in [-0.1, -0.05) is 57.3 Å². The van der Waals surface area contributed by atoms with Crippen LogP contribution in [-0.4, -0.2) is 51.7 Å². The molecule has 0 N–H and O–H groups in total. The lowest BCUT2D eigenvalue weighted by Crippen LogP contribution is -2.50. The van der Waals surface area contributed by atoms with Crippen LogP contribution in [0.1, 0.15) is 57.8 Å². The molecule has 5 rings (SSSR count). The minimum absolute atomic E-state index is 0.0440. The highest BCUT2D eigenvalue weighted by Gasteiger charge is 2.29. The molecule has 3 heterocycles. The van der Waals surface area contributed by atoms with E-state index in [0.717, 1.165) is 71.2 Å². The Kier molecular flexibility index (Phi) is 5.67. The van der Waals surface area contributed by atoms with Crippen LogP contribution in [0.2, 0.25) is 5.02 Å². The topological polar surface area (TPSA) is 36.7 Å². The molecule has 0 amide bonds. The second kappa shape index (κ2) is 8.35. The normalized spacial score (nSPS) is 18.7. The van der Waals surface area contributed by atoms with Crippen LogP contribution in [0.5, 0.6) is 0 Å². The summed E-state index contributed by atoms with van der Waals surface area (Å²) in [4.78, 5) is 10.3. The van der Waals surface area contributed by atoms with E-state index in [1.807, 2.05) is 12.1 Å². The van der Waals surface area contributed by atoms with Crippen molar-refractivity contribution < 1.29 is 0 Å². The van der Waals surface area contributed by atoms with Gasteiger partial charge in [-0.15, -0.1) is 0 Å². The van der Waals surface area contributed by atoms with E-state index in [2.05, 4.69) is 60.2 Å². The van der Waals surface area contributed by atoms with Gasteiger partial charge >= 0.3 is 0 Å². The van der Waals surface area contributed by atoms with Crippen molar-refractivity contribution in [3.8, 4) is 11.1 Å². The van der Waals surface area contributed by atoms with Gasteiger partial charge < -0.3 is 4.90 Å². The lowest BCUT2D eigenvalue weighted by Gasteiger charge is -2.39. The van der Waals surface area contributed by atoms with E-state index in [1.165, 1.54) is 25.7 Å². The molecule has 1 saturated carbocycles. The fourth-order valence-electron chi connectivity index (χ4n) is 5.26. The lowest BCUT2D eigenvalue weighted by molar-refractivity contribution is 0.187. The summed E-state index contributed by atoms with van der Waals surface area (Å²) in [6.45, 7) is 13.1. The highest BCUT2D eigenvalue weighted by Crippen LogP contribution is 2.34. The standard InChI is InChI=1S/C26H34ClN5/c1-18-24(19-9-11-20(27)12-10-19)25-28-22(26(2,3)4)17-23(32(25)29-18)31-15-13-30(14-16-31)21-7-5-6-8-21/h9-12,17,21H,5-8,13-16H2,1-4H3. The number of rotatable bonds is 3. The first kappa shape index (κ1) is 21.7. The van der Waals surface area contributed by atoms with Crippen molar-refractivity contribution in [3.05, 3.63) is 46.7 Å². The van der Waals surface area contributed by atoms with Crippen LogP contribution in [0.4, 0.5) is 5.82 Å². The number of fused-ring (bicyclic) bond motifs is 1. The van der Waals surface area contributed by atoms with Gasteiger partial charge in [0, 0.05) is 54.3 Å². The molecular weight excluding hydrogens is 418 g/mol. The molecule has 0 spiro atoms. The predicted octanol–water partition coefficient (Wildman–Crippen LogP) is 5.72. The molecule has 0 unspecified atom stereocenters. The number of hydrogen-bond acceptors (Lipinski definition) is 4. The predicted molar refractivity (Wildman–Crippen MR) is 133 cm³/mol. The molecule has 0 radical (unpaired) electrons. The van der Waals surface area contributed by atoms with Crippen LogP contribution in [0.3, 0.4) is 0 Å². The third-order valence-electron chi connectivity index (χ3n) is 7.13. The Morgan fingerprint density at radius 2 is 1.62 bits per heavy atom. The van der Waals surface area contributed by atoms with Crippen molar-refractivity contribution in [1.29, 1.82) is 0 Å². The van der Waals surface area contributed by atoms with Gasteiger partial charge in [0.1, 0.15) is 5.82 Å². The summed E-state index contributed by atoms with van der Waals surface area (Å²) >= 11 is 6.15. The highest BCUT2D eigenvalue weighted by atomic mass is 35.5. The monoisotopic (exact) mass is 451 g/mol. The second-order valence-corrected chi connectivity index (χ2v) is 10.9. The van der Waals surface area contributed by atoms with Crippen molar-refractivity contribution in [2.75, 3.05) is 31.1 Å². The molecule has 0 atom stereocenters. The third kappa shape index (κ3) is 4.01. The summed E-state index contributed by atoms with van der Waals surface area (Å²) in [5.74, 6) is 1.16. The Balaban J connectivity index is 1.56. The zero-order valence-corrected chi connectivity index (χ0v) is 20.5. The molecule has 3 aromatic rings. The van der Waals surface area contributed by atoms with Crippen molar-refractivity contribution in [2.45, 2.75) is 64.8 Å². The van der Waals surface area contributed by atoms with Crippen LogP contribution in [0.25, 0.3) is 16.8 Å². The van der Waals surface area contributed by atoms with Crippen molar-refractivity contribution in [2.24, 2.45) is 0 Å². The van der Waals surface area contributed by atoms with Gasteiger partial charge in [0.05, 0.1) is 11.4 Å². The van der Waals surface area contributed by atoms with Crippen LogP contribution in [0, 0.1) is 6.92 Å². The first-order valence-electron chi connectivity index (χ1n) is 12.0. The average Bonchev–Trinajstić information content (AvgIpc) is 3.41. The summed E-state index contributed by atoms with van der Waals surface area (Å²) < 4.78 is 2.07. The van der Waals surface area contributed by atoms with E-state index >= 15 is 0 Å². The van der Waals surface area contributed by atoms with Gasteiger partial charge in [-0.25, -0.2) is 4.98 Å². The number of piperazine rings is 1. The molecule has 2 fully saturated rings. The number of aryl methyl sites for hydroxylation is 1. The largest absolute Gasteiger partial charge is 0.354 e. The summed E-state index contributed by atoms with van der Waals surface area (Å²) in [5.41, 5.74) is 5.20. The number of hydrogen-bond donors (Lipinski definition) is 0. The maximum absolute atomic E-state index is 6.15. The fourth-order valence-corrected chi connectivity index (χ4v) is 5.38. The van der Waals surface area contributed by atoms with E-state index < -0.39 is 0 Å². The molecule has 1 saturated heterocycles. The van der Waals surface area contributed by atoms with Crippen LogP contribution in [-0.2, 0) is 5.41 Å². The van der Waals surface area contributed by atoms with Crippen molar-refractivity contribution in [1.82, 2.24) is 19.5 Å². The fraction of sp³-hybridized carbons (Fsp3) is 0.538. The van der Waals surface area contributed by atoms with Crippen molar-refractivity contribution >= 4 is 23.1 Å². The molecule has 6 heteroatoms. The van der Waals surface area contributed by atoms with Gasteiger partial charge in [0.25, 0.3) is 0 Å². The third-order valence-corrected chi connectivity index (χ3v) is 7.38. The summed E-state index contributed by atoms with van der Waals surface area (Å²) in [7, 11) is 0. The van der Waals surface area contributed by atoms with Crippen LogP contribution >= 0.6 is 11.6 Å². The molecule has 2 aromatic heterocycles. The molecule has 0 bridgehead atoms.